The third-order valence-electron chi connectivity index (χ3n) is 3.96. The number of hydrogen-bond donors (Lipinski definition) is 0. The number of nitrogens with zero attached hydrogens (tertiary/aromatic N) is 5. The number of benzene rings is 1. The summed E-state index contributed by atoms with van der Waals surface area (Å²) in [6.07, 6.45) is 3.80. The fourth-order valence-corrected chi connectivity index (χ4v) is 2.76. The Hall–Kier alpha value is -2.62. The summed E-state index contributed by atoms with van der Waals surface area (Å²) in [5, 5.41) is 0. The molecule has 1 aromatic heterocycles. The van der Waals surface area contributed by atoms with Crippen molar-refractivity contribution in [3.63, 3.8) is 0 Å². The van der Waals surface area contributed by atoms with Gasteiger partial charge in [0.2, 0.25) is 0 Å². The molecule has 0 saturated carbocycles. The van der Waals surface area contributed by atoms with Gasteiger partial charge < -0.3 is 24.0 Å². The van der Waals surface area contributed by atoms with Crippen molar-refractivity contribution in [1.82, 2.24) is 19.1 Å². The van der Waals surface area contributed by atoms with Gasteiger partial charge in [-0.05, 0) is 18.2 Å². The molecular formula is C17H14IN5O2. The topological polar surface area (TPSA) is 73.7 Å². The van der Waals surface area contributed by atoms with Crippen molar-refractivity contribution in [3.8, 4) is 17.2 Å². The summed E-state index contributed by atoms with van der Waals surface area (Å²) in [6.45, 7) is 0. The van der Waals surface area contributed by atoms with Crippen LogP contribution in [-0.4, -0.2) is 19.1 Å². The van der Waals surface area contributed by atoms with Gasteiger partial charge in [-0.2, -0.15) is 4.98 Å². The van der Waals surface area contributed by atoms with Crippen LogP contribution in [0.5, 0.6) is 0 Å². The molecule has 0 radical (unpaired) electrons. The van der Waals surface area contributed by atoms with Crippen LogP contribution < -0.4 is 39.8 Å². The predicted molar refractivity (Wildman–Crippen MR) is 88.2 cm³/mol. The zero-order chi connectivity index (χ0) is 16.8. The third kappa shape index (κ3) is 2.72. The fraction of sp³-hybridized carbons (Fsp3) is 0.118. The van der Waals surface area contributed by atoms with Crippen LogP contribution >= 0.6 is 0 Å². The van der Waals surface area contributed by atoms with Crippen LogP contribution in [0.15, 0.2) is 58.4 Å². The summed E-state index contributed by atoms with van der Waals surface area (Å²) in [5.74, 6) is 0.257. The van der Waals surface area contributed by atoms with Crippen LogP contribution in [0.25, 0.3) is 28.2 Å². The SMILES string of the molecule is Cn1c(=O)nc2n(-c3ccc[n+](C)c3)c3ccccc3nc-2c1=O.[I-]. The number of para-hydroxylation sites is 2. The standard InChI is InChI=1S/C17H14N5O2.HI/c1-20-9-5-6-11(10-20)22-13-8-4-3-7-12(13)18-14-15(22)19-17(24)21(2)16(14)23;/h3-10H,1-2H3;1H/q+1;/p-1. The predicted octanol–water partition coefficient (Wildman–Crippen LogP) is -2.59. The summed E-state index contributed by atoms with van der Waals surface area (Å²) in [4.78, 5) is 33.0. The molecule has 2 aliphatic rings. The van der Waals surface area contributed by atoms with E-state index in [0.29, 0.717) is 5.52 Å². The second-order valence-corrected chi connectivity index (χ2v) is 5.59. The fourth-order valence-electron chi connectivity index (χ4n) is 2.76. The number of halogens is 1. The molecule has 0 saturated heterocycles. The van der Waals surface area contributed by atoms with Gasteiger partial charge in [0.05, 0.1) is 11.0 Å². The minimum atomic E-state index is -0.598. The van der Waals surface area contributed by atoms with Crippen molar-refractivity contribution in [2.45, 2.75) is 0 Å². The summed E-state index contributed by atoms with van der Waals surface area (Å²) in [5.41, 5.74) is 1.35. The molecule has 0 amide bonds. The van der Waals surface area contributed by atoms with E-state index in [1.807, 2.05) is 60.4 Å². The van der Waals surface area contributed by atoms with Gasteiger partial charge in [-0.15, -0.1) is 0 Å². The lowest BCUT2D eigenvalue weighted by atomic mass is 10.2. The largest absolute Gasteiger partial charge is 1.00 e. The van der Waals surface area contributed by atoms with Crippen molar-refractivity contribution < 1.29 is 28.5 Å². The lowest BCUT2D eigenvalue weighted by molar-refractivity contribution is -0.671. The molecular weight excluding hydrogens is 433 g/mol. The van der Waals surface area contributed by atoms with Crippen LogP contribution in [0, 0.1) is 0 Å². The molecule has 0 fully saturated rings. The number of pyridine rings is 1. The smallest absolute Gasteiger partial charge is 0.352 e. The summed E-state index contributed by atoms with van der Waals surface area (Å²) in [6, 6.07) is 11.3. The van der Waals surface area contributed by atoms with E-state index in [1.165, 1.54) is 7.05 Å². The average Bonchev–Trinajstić information content (AvgIpc) is 2.58. The zero-order valence-corrected chi connectivity index (χ0v) is 15.7. The maximum atomic E-state index is 12.5. The highest BCUT2D eigenvalue weighted by Crippen LogP contribution is 2.24. The third-order valence-corrected chi connectivity index (χ3v) is 3.96. The highest BCUT2D eigenvalue weighted by atomic mass is 127. The second-order valence-electron chi connectivity index (χ2n) is 5.59. The molecule has 0 spiro atoms. The van der Waals surface area contributed by atoms with Crippen molar-refractivity contribution in [2.75, 3.05) is 0 Å². The van der Waals surface area contributed by atoms with E-state index in [4.69, 9.17) is 0 Å². The Kier molecular flexibility index (Phi) is 4.38. The quantitative estimate of drug-likeness (QED) is 0.183. The number of hydrogen-bond acceptors (Lipinski definition) is 4. The molecule has 0 atom stereocenters. The van der Waals surface area contributed by atoms with E-state index in [-0.39, 0.29) is 35.5 Å². The Labute approximate surface area is 159 Å². The van der Waals surface area contributed by atoms with E-state index in [1.54, 1.807) is 4.57 Å². The first-order valence-electron chi connectivity index (χ1n) is 7.40. The van der Waals surface area contributed by atoms with Crippen molar-refractivity contribution in [2.24, 2.45) is 14.1 Å². The van der Waals surface area contributed by atoms with E-state index < -0.39 is 11.2 Å². The molecule has 25 heavy (non-hydrogen) atoms. The minimum Gasteiger partial charge on any atom is -1.00 e. The Morgan fingerprint density at radius 3 is 2.56 bits per heavy atom. The Balaban J connectivity index is 0.00000182. The maximum absolute atomic E-state index is 12.5. The van der Waals surface area contributed by atoms with Crippen molar-refractivity contribution in [1.29, 1.82) is 0 Å². The molecule has 2 aromatic rings. The van der Waals surface area contributed by atoms with Crippen LogP contribution in [0.3, 0.4) is 0 Å². The van der Waals surface area contributed by atoms with Gasteiger partial charge in [0.15, 0.2) is 23.9 Å². The van der Waals surface area contributed by atoms with Gasteiger partial charge in [-0.25, -0.2) is 14.3 Å². The van der Waals surface area contributed by atoms with Gasteiger partial charge >= 0.3 is 5.69 Å². The van der Waals surface area contributed by atoms with Gasteiger partial charge in [-0.3, -0.25) is 13.9 Å². The van der Waals surface area contributed by atoms with Crippen LogP contribution in [-0.2, 0) is 14.1 Å². The molecule has 0 unspecified atom stereocenters. The first-order valence-corrected chi connectivity index (χ1v) is 7.40. The number of aromatic nitrogens is 5. The molecule has 1 aromatic carbocycles. The molecule has 2 aliphatic heterocycles. The Morgan fingerprint density at radius 2 is 1.80 bits per heavy atom. The zero-order valence-electron chi connectivity index (χ0n) is 13.5. The Morgan fingerprint density at radius 1 is 1.04 bits per heavy atom. The second kappa shape index (κ2) is 6.36. The molecule has 7 nitrogen and oxygen atoms in total. The van der Waals surface area contributed by atoms with Crippen LogP contribution in [0.1, 0.15) is 0 Å². The summed E-state index contributed by atoms with van der Waals surface area (Å²) in [7, 11) is 3.31. The minimum absolute atomic E-state index is 0. The average molecular weight is 447 g/mol. The number of fused-ring (bicyclic) bond motifs is 2. The first kappa shape index (κ1) is 17.2. The first-order chi connectivity index (χ1) is 11.6. The van der Waals surface area contributed by atoms with Gasteiger partial charge in [0, 0.05) is 13.1 Å². The van der Waals surface area contributed by atoms with Crippen molar-refractivity contribution >= 4 is 11.0 Å². The van der Waals surface area contributed by atoms with Gasteiger partial charge in [0.1, 0.15) is 12.7 Å². The molecule has 3 heterocycles. The molecule has 0 N–H and O–H groups in total. The Bertz CT molecular complexity index is 1180. The monoisotopic (exact) mass is 447 g/mol. The van der Waals surface area contributed by atoms with E-state index >= 15 is 0 Å². The molecule has 0 aliphatic carbocycles. The molecule has 126 valence electrons. The van der Waals surface area contributed by atoms with Gasteiger partial charge in [0.25, 0.3) is 5.56 Å². The van der Waals surface area contributed by atoms with Crippen LogP contribution in [0.2, 0.25) is 0 Å². The van der Waals surface area contributed by atoms with Crippen molar-refractivity contribution in [3.05, 3.63) is 69.6 Å². The molecule has 8 heteroatoms. The normalized spacial score (nSPS) is 10.8. The van der Waals surface area contributed by atoms with E-state index in [0.717, 1.165) is 15.8 Å². The maximum Gasteiger partial charge on any atom is 0.352 e. The highest BCUT2D eigenvalue weighted by Gasteiger charge is 2.21. The van der Waals surface area contributed by atoms with E-state index in [2.05, 4.69) is 9.97 Å². The number of rotatable bonds is 1. The lowest BCUT2D eigenvalue weighted by Crippen LogP contribution is -3.00. The summed E-state index contributed by atoms with van der Waals surface area (Å²) < 4.78 is 4.66. The van der Waals surface area contributed by atoms with Gasteiger partial charge in [-0.1, -0.05) is 12.1 Å². The van der Waals surface area contributed by atoms with Crippen LogP contribution in [0.4, 0.5) is 0 Å². The summed E-state index contributed by atoms with van der Waals surface area (Å²) >= 11 is 0. The molecule has 0 bridgehead atoms. The highest BCUT2D eigenvalue weighted by molar-refractivity contribution is 5.81. The number of aryl methyl sites for hydroxylation is 1. The lowest BCUT2D eigenvalue weighted by Gasteiger charge is -2.16. The van der Waals surface area contributed by atoms with E-state index in [9.17, 15) is 9.59 Å². The molecule has 4 rings (SSSR count).